The number of hydrogen-bond donors (Lipinski definition) is 1. The number of methoxy groups -OCH3 is 1. The van der Waals surface area contributed by atoms with Gasteiger partial charge >= 0.3 is 0 Å². The highest BCUT2D eigenvalue weighted by Crippen LogP contribution is 2.38. The van der Waals surface area contributed by atoms with E-state index in [1.54, 1.807) is 12.0 Å². The molecule has 3 rings (SSSR count). The van der Waals surface area contributed by atoms with Gasteiger partial charge in [-0.15, -0.1) is 0 Å². The zero-order valence-electron chi connectivity index (χ0n) is 18.5. The molecule has 1 unspecified atom stereocenters. The highest BCUT2D eigenvalue weighted by atomic mass is 19.2. The van der Waals surface area contributed by atoms with Gasteiger partial charge in [-0.1, -0.05) is 5.16 Å². The maximum absolute atomic E-state index is 13.5. The van der Waals surface area contributed by atoms with Gasteiger partial charge in [-0.05, 0) is 57.4 Å². The van der Waals surface area contributed by atoms with Crippen molar-refractivity contribution in [1.29, 1.82) is 0 Å². The van der Waals surface area contributed by atoms with Crippen LogP contribution >= 0.6 is 0 Å². The first-order valence-electron chi connectivity index (χ1n) is 10.5. The minimum Gasteiger partial charge on any atom is -0.391 e. The average molecular weight is 457 g/mol. The lowest BCUT2D eigenvalue weighted by molar-refractivity contribution is -0.132. The Balaban J connectivity index is 0.000000278. The summed E-state index contributed by atoms with van der Waals surface area (Å²) in [6, 6.07) is 0.879. The molecule has 1 aliphatic carbocycles. The number of oxime groups is 1. The Morgan fingerprint density at radius 2 is 2.03 bits per heavy atom. The van der Waals surface area contributed by atoms with E-state index in [0.29, 0.717) is 19.2 Å². The fourth-order valence-corrected chi connectivity index (χ4v) is 3.49. The molecule has 0 spiro atoms. The summed E-state index contributed by atoms with van der Waals surface area (Å²) in [6.07, 6.45) is 5.39. The molecule has 1 aliphatic heterocycles. The van der Waals surface area contributed by atoms with E-state index < -0.39 is 23.5 Å². The molecule has 1 aromatic carbocycles. The molecule has 1 aromatic rings. The van der Waals surface area contributed by atoms with E-state index in [4.69, 9.17) is 15.3 Å². The number of carbonyl (C=O) groups excluding carboxylic acids is 1. The first-order chi connectivity index (χ1) is 15.2. The Labute approximate surface area is 186 Å². The summed E-state index contributed by atoms with van der Waals surface area (Å²) in [4.78, 5) is 22.1. The third-order valence-corrected chi connectivity index (χ3v) is 5.65. The van der Waals surface area contributed by atoms with Crippen LogP contribution in [0, 0.1) is 17.5 Å². The Morgan fingerprint density at radius 3 is 2.59 bits per heavy atom. The molecule has 2 atom stereocenters. The molecular weight excluding hydrogens is 425 g/mol. The largest absolute Gasteiger partial charge is 0.391 e. The van der Waals surface area contributed by atoms with Gasteiger partial charge in [-0.2, -0.15) is 0 Å². The summed E-state index contributed by atoms with van der Waals surface area (Å²) in [5.41, 5.74) is 5.78. The van der Waals surface area contributed by atoms with Crippen molar-refractivity contribution < 1.29 is 27.5 Å². The van der Waals surface area contributed by atoms with Crippen LogP contribution in [-0.2, 0) is 20.8 Å². The number of amides is 1. The van der Waals surface area contributed by atoms with E-state index in [1.807, 2.05) is 6.92 Å². The van der Waals surface area contributed by atoms with Crippen LogP contribution in [0.2, 0.25) is 0 Å². The summed E-state index contributed by atoms with van der Waals surface area (Å²) in [6.45, 7) is 6.42. The van der Waals surface area contributed by atoms with Crippen molar-refractivity contribution in [1.82, 2.24) is 4.90 Å². The number of carbonyl (C=O) groups is 1. The third-order valence-electron chi connectivity index (χ3n) is 5.65. The van der Waals surface area contributed by atoms with Crippen molar-refractivity contribution >= 4 is 19.0 Å². The van der Waals surface area contributed by atoms with Crippen LogP contribution in [0.15, 0.2) is 22.3 Å². The van der Waals surface area contributed by atoms with Gasteiger partial charge in [0.1, 0.15) is 18.0 Å². The second kappa shape index (κ2) is 12.0. The van der Waals surface area contributed by atoms with E-state index in [9.17, 15) is 18.0 Å². The minimum absolute atomic E-state index is 0.00298. The Bertz CT molecular complexity index is 818. The summed E-state index contributed by atoms with van der Waals surface area (Å²) < 4.78 is 44.7. The predicted molar refractivity (Wildman–Crippen MR) is 116 cm³/mol. The molecule has 1 saturated carbocycles. The molecule has 0 radical (unpaired) electrons. The number of rotatable bonds is 9. The average Bonchev–Trinajstić information content (AvgIpc) is 3.40. The van der Waals surface area contributed by atoms with Crippen LogP contribution in [0.5, 0.6) is 0 Å². The van der Waals surface area contributed by atoms with Crippen LogP contribution < -0.4 is 5.73 Å². The fraction of sp³-hybridized carbons (Fsp3) is 0.591. The molecule has 2 fully saturated rings. The summed E-state index contributed by atoms with van der Waals surface area (Å²) in [5.74, 6) is -3.26. The molecule has 178 valence electrons. The number of benzene rings is 1. The Hall–Kier alpha value is -2.46. The van der Waals surface area contributed by atoms with E-state index in [-0.39, 0.29) is 36.0 Å². The SMILES string of the molecule is C=N/C=N\OCC1(OC)CC1.C[C@@H]1CCCN1C(=O)CC(N)Cc1cc(F)c(F)cc1F. The van der Waals surface area contributed by atoms with Gasteiger partial charge in [-0.25, -0.2) is 18.2 Å². The summed E-state index contributed by atoms with van der Waals surface area (Å²) >= 11 is 0. The fourth-order valence-electron chi connectivity index (χ4n) is 3.49. The van der Waals surface area contributed by atoms with Crippen molar-refractivity contribution in [3.63, 3.8) is 0 Å². The summed E-state index contributed by atoms with van der Waals surface area (Å²) in [7, 11) is 1.69. The number of hydrogen-bond acceptors (Lipinski definition) is 5. The maximum Gasteiger partial charge on any atom is 0.224 e. The van der Waals surface area contributed by atoms with E-state index >= 15 is 0 Å². The van der Waals surface area contributed by atoms with Crippen LogP contribution in [0.1, 0.15) is 44.6 Å². The second-order valence-electron chi connectivity index (χ2n) is 8.17. The molecule has 2 N–H and O–H groups in total. The zero-order chi connectivity index (χ0) is 23.7. The number of likely N-dealkylation sites (tertiary alicyclic amines) is 1. The van der Waals surface area contributed by atoms with Crippen molar-refractivity contribution in [2.24, 2.45) is 15.9 Å². The van der Waals surface area contributed by atoms with Gasteiger partial charge in [-0.3, -0.25) is 4.79 Å². The van der Waals surface area contributed by atoms with Crippen LogP contribution in [0.4, 0.5) is 13.2 Å². The minimum atomic E-state index is -1.23. The van der Waals surface area contributed by atoms with Crippen molar-refractivity contribution in [2.75, 3.05) is 20.3 Å². The van der Waals surface area contributed by atoms with Crippen LogP contribution in [0.25, 0.3) is 0 Å². The van der Waals surface area contributed by atoms with Gasteiger partial charge in [0.15, 0.2) is 18.0 Å². The predicted octanol–water partition coefficient (Wildman–Crippen LogP) is 3.20. The Kier molecular flexibility index (Phi) is 9.64. The number of nitrogens with zero attached hydrogens (tertiary/aromatic N) is 3. The molecule has 1 amide bonds. The van der Waals surface area contributed by atoms with Crippen molar-refractivity contribution in [3.8, 4) is 0 Å². The number of ether oxygens (including phenoxy) is 1. The summed E-state index contributed by atoms with van der Waals surface area (Å²) in [5, 5.41) is 3.53. The van der Waals surface area contributed by atoms with Gasteiger partial charge in [0.25, 0.3) is 0 Å². The second-order valence-corrected chi connectivity index (χ2v) is 8.17. The third kappa shape index (κ3) is 7.59. The molecular formula is C22H31F3N4O3. The normalized spacial score (nSPS) is 19.9. The van der Waals surface area contributed by atoms with E-state index in [0.717, 1.165) is 31.7 Å². The highest BCUT2D eigenvalue weighted by molar-refractivity contribution is 5.77. The Morgan fingerprint density at radius 1 is 1.34 bits per heavy atom. The molecule has 0 aromatic heterocycles. The van der Waals surface area contributed by atoms with Gasteiger partial charge in [0.05, 0.1) is 0 Å². The van der Waals surface area contributed by atoms with E-state index in [1.165, 1.54) is 6.34 Å². The van der Waals surface area contributed by atoms with Crippen molar-refractivity contribution in [2.45, 2.75) is 63.1 Å². The number of nitrogens with two attached hydrogens (primary N) is 1. The molecule has 1 saturated heterocycles. The van der Waals surface area contributed by atoms with Gasteiger partial charge in [0.2, 0.25) is 5.91 Å². The first-order valence-corrected chi connectivity index (χ1v) is 10.5. The molecule has 2 aliphatic rings. The molecule has 1 heterocycles. The van der Waals surface area contributed by atoms with Crippen LogP contribution in [0.3, 0.4) is 0 Å². The van der Waals surface area contributed by atoms with Crippen LogP contribution in [-0.4, -0.2) is 61.8 Å². The smallest absolute Gasteiger partial charge is 0.224 e. The highest BCUT2D eigenvalue weighted by Gasteiger charge is 2.44. The monoisotopic (exact) mass is 456 g/mol. The quantitative estimate of drug-likeness (QED) is 0.267. The first kappa shape index (κ1) is 25.8. The number of aliphatic imine (C=N–C) groups is 1. The topological polar surface area (TPSA) is 89.5 Å². The number of halogens is 3. The maximum atomic E-state index is 13.5. The molecule has 10 heteroatoms. The lowest BCUT2D eigenvalue weighted by Crippen LogP contribution is -2.38. The van der Waals surface area contributed by atoms with Crippen molar-refractivity contribution in [3.05, 3.63) is 35.1 Å². The van der Waals surface area contributed by atoms with Gasteiger partial charge in [0, 0.05) is 38.2 Å². The molecule has 0 bridgehead atoms. The lowest BCUT2D eigenvalue weighted by atomic mass is 10.0. The standard InChI is InChI=1S/C15H19F3N2O.C7H12N2O2/c1-9-3-2-4-20(9)15(21)7-11(19)5-10-6-13(17)14(18)8-12(10)16;1-8-6-9-11-5-7(10-2)3-4-7/h6,8-9,11H,2-5,7,19H2,1H3;6H,1,3-5H2,2H3/b;9-6-/t9-,11?;/m1./s1. The van der Waals surface area contributed by atoms with E-state index in [2.05, 4.69) is 16.9 Å². The molecule has 32 heavy (non-hydrogen) atoms. The molecule has 7 nitrogen and oxygen atoms in total. The van der Waals surface area contributed by atoms with Gasteiger partial charge < -0.3 is 20.2 Å². The lowest BCUT2D eigenvalue weighted by Gasteiger charge is -2.23. The zero-order valence-corrected chi connectivity index (χ0v) is 18.5.